The van der Waals surface area contributed by atoms with Crippen molar-refractivity contribution < 1.29 is 9.90 Å². The van der Waals surface area contributed by atoms with Crippen LogP contribution in [0, 0.1) is 0 Å². The number of carbonyl (C=O) groups excluding carboxylic acids is 1. The van der Waals surface area contributed by atoms with Crippen LogP contribution < -0.4 is 10.4 Å². The van der Waals surface area contributed by atoms with Gasteiger partial charge in [-0.2, -0.15) is 15.2 Å². The quantitative estimate of drug-likeness (QED) is 0.306. The molecule has 0 bridgehead atoms. The van der Waals surface area contributed by atoms with Gasteiger partial charge in [0.25, 0.3) is 0 Å². The molecule has 35 heavy (non-hydrogen) atoms. The first-order valence-corrected chi connectivity index (χ1v) is 11.1. The lowest BCUT2D eigenvalue weighted by molar-refractivity contribution is -0.112. The summed E-state index contributed by atoms with van der Waals surface area (Å²) in [6.07, 6.45) is 2.09. The van der Waals surface area contributed by atoms with E-state index in [9.17, 15) is 9.90 Å². The number of tetrazole rings is 1. The maximum atomic E-state index is 13.0. The number of aromatic nitrogens is 4. The van der Waals surface area contributed by atoms with Gasteiger partial charge in [0, 0.05) is 11.1 Å². The maximum Gasteiger partial charge on any atom is 0.301 e. The molecule has 3 aromatic carbocycles. The molecule has 172 valence electrons. The van der Waals surface area contributed by atoms with Crippen molar-refractivity contribution in [3.8, 4) is 28.3 Å². The number of para-hydroxylation sites is 1. The molecule has 0 atom stereocenters. The molecule has 0 spiro atoms. The molecule has 4 aromatic rings. The second kappa shape index (κ2) is 8.17. The van der Waals surface area contributed by atoms with Crippen LogP contribution in [-0.4, -0.2) is 43.1 Å². The maximum absolute atomic E-state index is 13.0. The van der Waals surface area contributed by atoms with E-state index in [1.165, 1.54) is 16.1 Å². The number of aryl methyl sites for hydroxylation is 2. The fourth-order valence-corrected chi connectivity index (χ4v) is 4.21. The van der Waals surface area contributed by atoms with Crippen LogP contribution in [0.15, 0.2) is 70.9 Å². The second-order valence-corrected chi connectivity index (χ2v) is 8.36. The number of amides is 1. The van der Waals surface area contributed by atoms with Crippen LogP contribution in [0.3, 0.4) is 0 Å². The lowest BCUT2D eigenvalue weighted by Crippen LogP contribution is -2.28. The average molecular weight is 464 g/mol. The van der Waals surface area contributed by atoms with Crippen LogP contribution in [0.2, 0.25) is 0 Å². The van der Waals surface area contributed by atoms with Crippen LogP contribution in [0.4, 0.5) is 11.4 Å². The number of fused-ring (bicyclic) bond motifs is 1. The number of carbonyl (C=O) groups is 1. The molecule has 0 radical (unpaired) electrons. The van der Waals surface area contributed by atoms with Gasteiger partial charge in [-0.25, -0.2) is 5.10 Å². The van der Waals surface area contributed by atoms with E-state index in [1.807, 2.05) is 42.5 Å². The van der Waals surface area contributed by atoms with Gasteiger partial charge in [-0.15, -0.1) is 5.10 Å². The summed E-state index contributed by atoms with van der Waals surface area (Å²) in [5, 5.41) is 34.9. The van der Waals surface area contributed by atoms with Gasteiger partial charge in [-0.3, -0.25) is 10.2 Å². The SMILES string of the molecule is CC1=NN(c2ccc3c(c2)CC3)C(=O)C1=NNc1cccc(-c2cccc(-c3nnn[nH]3)c2)c1O. The normalized spacial score (nSPS) is 15.7. The predicted molar refractivity (Wildman–Crippen MR) is 132 cm³/mol. The number of aromatic hydroxyl groups is 1. The van der Waals surface area contributed by atoms with Gasteiger partial charge < -0.3 is 5.11 Å². The summed E-state index contributed by atoms with van der Waals surface area (Å²) in [7, 11) is 0. The van der Waals surface area contributed by atoms with E-state index in [0.717, 1.165) is 29.7 Å². The average Bonchev–Trinajstić information content (AvgIpc) is 3.48. The minimum absolute atomic E-state index is 0.00367. The fourth-order valence-electron chi connectivity index (χ4n) is 4.21. The van der Waals surface area contributed by atoms with Crippen LogP contribution >= 0.6 is 0 Å². The molecule has 2 heterocycles. The number of phenolic OH excluding ortho intramolecular Hbond substituents is 1. The Morgan fingerprint density at radius 3 is 2.63 bits per heavy atom. The van der Waals surface area contributed by atoms with Gasteiger partial charge >= 0.3 is 5.91 Å². The Morgan fingerprint density at radius 1 is 1.03 bits per heavy atom. The fraction of sp³-hybridized carbons (Fsp3) is 0.120. The summed E-state index contributed by atoms with van der Waals surface area (Å²) < 4.78 is 0. The molecule has 2 aliphatic rings. The molecule has 0 saturated carbocycles. The summed E-state index contributed by atoms with van der Waals surface area (Å²) in [6.45, 7) is 1.74. The molecule has 10 nitrogen and oxygen atoms in total. The molecule has 10 heteroatoms. The molecule has 3 N–H and O–H groups in total. The monoisotopic (exact) mass is 464 g/mol. The Morgan fingerprint density at radius 2 is 1.86 bits per heavy atom. The molecule has 0 saturated heterocycles. The van der Waals surface area contributed by atoms with Crippen molar-refractivity contribution in [3.63, 3.8) is 0 Å². The third kappa shape index (κ3) is 3.61. The van der Waals surface area contributed by atoms with Crippen LogP contribution in [-0.2, 0) is 17.6 Å². The number of benzene rings is 3. The van der Waals surface area contributed by atoms with Crippen LogP contribution in [0.1, 0.15) is 18.1 Å². The molecule has 1 aromatic heterocycles. The largest absolute Gasteiger partial charge is 0.505 e. The van der Waals surface area contributed by atoms with E-state index < -0.39 is 0 Å². The summed E-state index contributed by atoms with van der Waals surface area (Å²) in [4.78, 5) is 13.0. The summed E-state index contributed by atoms with van der Waals surface area (Å²) >= 11 is 0. The number of hydrogen-bond donors (Lipinski definition) is 3. The third-order valence-electron chi connectivity index (χ3n) is 6.20. The number of H-pyrrole nitrogens is 1. The van der Waals surface area contributed by atoms with Crippen molar-refractivity contribution in [1.82, 2.24) is 20.6 Å². The van der Waals surface area contributed by atoms with Crippen molar-refractivity contribution >= 4 is 28.7 Å². The first-order chi connectivity index (χ1) is 17.1. The highest BCUT2D eigenvalue weighted by molar-refractivity contribution is 6.71. The van der Waals surface area contributed by atoms with Crippen molar-refractivity contribution in [3.05, 3.63) is 71.8 Å². The van der Waals surface area contributed by atoms with Gasteiger partial charge in [0.2, 0.25) is 0 Å². The zero-order valence-corrected chi connectivity index (χ0v) is 18.7. The number of nitrogens with zero attached hydrogens (tertiary/aromatic N) is 6. The number of aromatic amines is 1. The molecule has 0 unspecified atom stereocenters. The molecule has 0 fully saturated rings. The van der Waals surface area contributed by atoms with Gasteiger partial charge in [-0.05, 0) is 71.1 Å². The highest BCUT2D eigenvalue weighted by Crippen LogP contribution is 2.37. The molecule has 1 aliphatic carbocycles. The zero-order valence-electron chi connectivity index (χ0n) is 18.7. The number of hydrogen-bond acceptors (Lipinski definition) is 8. The van der Waals surface area contributed by atoms with Crippen LogP contribution in [0.25, 0.3) is 22.5 Å². The summed E-state index contributed by atoms with van der Waals surface area (Å²) in [5.74, 6) is 0.209. The van der Waals surface area contributed by atoms with Gasteiger partial charge in [0.15, 0.2) is 11.5 Å². The third-order valence-corrected chi connectivity index (χ3v) is 6.20. The molecule has 6 rings (SSSR count). The Bertz CT molecular complexity index is 1520. The van der Waals surface area contributed by atoms with E-state index in [2.05, 4.69) is 36.3 Å². The minimum Gasteiger partial charge on any atom is -0.505 e. The van der Waals surface area contributed by atoms with Crippen molar-refractivity contribution in [2.24, 2.45) is 10.2 Å². The van der Waals surface area contributed by atoms with Crippen molar-refractivity contribution in [2.45, 2.75) is 19.8 Å². The smallest absolute Gasteiger partial charge is 0.301 e. The van der Waals surface area contributed by atoms with Crippen LogP contribution in [0.5, 0.6) is 5.75 Å². The number of nitrogens with one attached hydrogen (secondary N) is 2. The number of phenols is 1. The molecular weight excluding hydrogens is 444 g/mol. The topological polar surface area (TPSA) is 132 Å². The predicted octanol–water partition coefficient (Wildman–Crippen LogP) is 3.53. The highest BCUT2D eigenvalue weighted by Gasteiger charge is 2.31. The molecule has 1 amide bonds. The summed E-state index contributed by atoms with van der Waals surface area (Å²) in [6, 6.07) is 18.7. The van der Waals surface area contributed by atoms with Crippen molar-refractivity contribution in [2.75, 3.05) is 10.4 Å². The first-order valence-electron chi connectivity index (χ1n) is 11.1. The molecular formula is C25H20N8O2. The first kappa shape index (κ1) is 20.7. The standard InChI is InChI=1S/C25H20N8O2/c1-14-22(25(35)33(30-14)19-11-10-15-8-9-16(15)13-19)27-26-21-7-3-6-20(23(21)34)17-4-2-5-18(12-17)24-28-31-32-29-24/h2-7,10-13,26,34H,8-9H2,1H3,(H,28,29,31,32). The van der Waals surface area contributed by atoms with E-state index >= 15 is 0 Å². The summed E-state index contributed by atoms with van der Waals surface area (Å²) in [5.41, 5.74) is 9.33. The lowest BCUT2D eigenvalue weighted by atomic mass is 9.88. The van der Waals surface area contributed by atoms with E-state index in [0.29, 0.717) is 22.8 Å². The van der Waals surface area contributed by atoms with E-state index in [-0.39, 0.29) is 17.4 Å². The van der Waals surface area contributed by atoms with E-state index in [1.54, 1.807) is 25.1 Å². The second-order valence-electron chi connectivity index (χ2n) is 8.36. The Labute approximate surface area is 200 Å². The Kier molecular flexibility index (Phi) is 4.84. The van der Waals surface area contributed by atoms with Gasteiger partial charge in [0.05, 0.1) is 17.1 Å². The van der Waals surface area contributed by atoms with Gasteiger partial charge in [0.1, 0.15) is 5.75 Å². The minimum atomic E-state index is -0.321. The molecule has 1 aliphatic heterocycles. The Balaban J connectivity index is 1.26. The highest BCUT2D eigenvalue weighted by atomic mass is 16.3. The van der Waals surface area contributed by atoms with E-state index in [4.69, 9.17) is 0 Å². The Hall–Kier alpha value is -4.86. The number of rotatable bonds is 5. The van der Waals surface area contributed by atoms with Gasteiger partial charge in [-0.1, -0.05) is 36.4 Å². The number of hydrazone groups is 2. The lowest BCUT2D eigenvalue weighted by Gasteiger charge is -2.21. The van der Waals surface area contributed by atoms with Crippen molar-refractivity contribution in [1.29, 1.82) is 0 Å². The number of anilines is 2. The zero-order chi connectivity index (χ0) is 23.9.